The van der Waals surface area contributed by atoms with Crippen LogP contribution in [-0.2, 0) is 13.0 Å². The number of hydrogen-bond donors (Lipinski definition) is 0. The van der Waals surface area contributed by atoms with Gasteiger partial charge in [0.05, 0.1) is 11.1 Å². The minimum absolute atomic E-state index is 0.0262. The van der Waals surface area contributed by atoms with Crippen LogP contribution in [0.25, 0.3) is 10.2 Å². The highest BCUT2D eigenvalue weighted by Gasteiger charge is 2.14. The number of hydrogen-bond acceptors (Lipinski definition) is 5. The van der Waals surface area contributed by atoms with Crippen molar-refractivity contribution >= 4 is 39.1 Å². The Hall–Kier alpha value is -2.18. The molecule has 0 radical (unpaired) electrons. The summed E-state index contributed by atoms with van der Waals surface area (Å²) < 4.78 is 1.57. The van der Waals surface area contributed by atoms with Gasteiger partial charge in [0.2, 0.25) is 0 Å². The number of allylic oxidation sites excluding steroid dienone is 1. The Morgan fingerprint density at radius 2 is 2.08 bits per heavy atom. The molecule has 4 nitrogen and oxygen atoms in total. The first kappa shape index (κ1) is 17.6. The zero-order valence-electron chi connectivity index (χ0n) is 13.9. The molecule has 2 heterocycles. The minimum Gasteiger partial charge on any atom is -0.293 e. The fraction of sp³-hybridized carbons (Fsp3) is 0.211. The lowest BCUT2D eigenvalue weighted by Crippen LogP contribution is -2.22. The highest BCUT2D eigenvalue weighted by Crippen LogP contribution is 2.22. The standard InChI is InChI=1S/C19H18N2O2S2/c1-3-10-21-18(23)15-9-11-24-17(15)20-19(21)25-12-16(22)14-7-5-13(4-2)6-8-14/h3,5-9,11H,1,4,10,12H2,2H3. The van der Waals surface area contributed by atoms with E-state index < -0.39 is 0 Å². The average molecular weight is 370 g/mol. The second kappa shape index (κ2) is 7.80. The highest BCUT2D eigenvalue weighted by atomic mass is 32.2. The van der Waals surface area contributed by atoms with Crippen LogP contribution < -0.4 is 5.56 Å². The van der Waals surface area contributed by atoms with E-state index in [0.29, 0.717) is 27.5 Å². The number of ketones is 1. The number of aryl methyl sites for hydroxylation is 1. The van der Waals surface area contributed by atoms with Crippen LogP contribution in [0.5, 0.6) is 0 Å². The third kappa shape index (κ3) is 3.75. The number of Topliss-reactive ketones (excluding diaryl/α,β-unsaturated/α-hetero) is 1. The van der Waals surface area contributed by atoms with Gasteiger partial charge < -0.3 is 0 Å². The number of carbonyl (C=O) groups is 1. The highest BCUT2D eigenvalue weighted by molar-refractivity contribution is 7.99. The quantitative estimate of drug-likeness (QED) is 0.271. The fourth-order valence-electron chi connectivity index (χ4n) is 2.47. The van der Waals surface area contributed by atoms with Crippen molar-refractivity contribution in [3.05, 3.63) is 69.8 Å². The second-order valence-electron chi connectivity index (χ2n) is 5.50. The zero-order valence-corrected chi connectivity index (χ0v) is 15.5. The molecule has 0 saturated heterocycles. The molecule has 0 fully saturated rings. The summed E-state index contributed by atoms with van der Waals surface area (Å²) in [6.45, 7) is 6.16. The smallest absolute Gasteiger partial charge is 0.263 e. The number of thiophene rings is 1. The molecule has 6 heteroatoms. The summed E-state index contributed by atoms with van der Waals surface area (Å²) in [7, 11) is 0. The van der Waals surface area contributed by atoms with Crippen LogP contribution in [0, 0.1) is 0 Å². The van der Waals surface area contributed by atoms with Crippen molar-refractivity contribution in [2.45, 2.75) is 25.0 Å². The summed E-state index contributed by atoms with van der Waals surface area (Å²) >= 11 is 2.72. The zero-order chi connectivity index (χ0) is 17.8. The Labute approximate surface area is 154 Å². The monoisotopic (exact) mass is 370 g/mol. The molecule has 0 bridgehead atoms. The maximum atomic E-state index is 12.6. The molecule has 0 saturated carbocycles. The lowest BCUT2D eigenvalue weighted by Gasteiger charge is -2.09. The summed E-state index contributed by atoms with van der Waals surface area (Å²) in [5.41, 5.74) is 1.79. The molecule has 2 aromatic heterocycles. The fourth-order valence-corrected chi connectivity index (χ4v) is 4.18. The van der Waals surface area contributed by atoms with E-state index in [1.165, 1.54) is 28.7 Å². The van der Waals surface area contributed by atoms with E-state index in [1.54, 1.807) is 16.7 Å². The van der Waals surface area contributed by atoms with Crippen LogP contribution in [0.3, 0.4) is 0 Å². The van der Waals surface area contributed by atoms with Crippen molar-refractivity contribution in [3.8, 4) is 0 Å². The number of fused-ring (bicyclic) bond motifs is 1. The van der Waals surface area contributed by atoms with Gasteiger partial charge in [-0.15, -0.1) is 17.9 Å². The topological polar surface area (TPSA) is 52.0 Å². The molecule has 128 valence electrons. The maximum Gasteiger partial charge on any atom is 0.263 e. The predicted molar refractivity (Wildman–Crippen MR) is 105 cm³/mol. The Kier molecular flexibility index (Phi) is 5.50. The van der Waals surface area contributed by atoms with Gasteiger partial charge in [0, 0.05) is 12.1 Å². The molecule has 0 aliphatic carbocycles. The molecule has 25 heavy (non-hydrogen) atoms. The first-order valence-corrected chi connectivity index (χ1v) is 9.84. The van der Waals surface area contributed by atoms with Gasteiger partial charge in [-0.3, -0.25) is 14.2 Å². The number of benzene rings is 1. The number of aromatic nitrogens is 2. The molecular weight excluding hydrogens is 352 g/mol. The van der Waals surface area contributed by atoms with Gasteiger partial charge in [-0.25, -0.2) is 4.98 Å². The molecule has 1 aromatic carbocycles. The maximum absolute atomic E-state index is 12.6. The number of nitrogens with zero attached hydrogens (tertiary/aromatic N) is 2. The van der Waals surface area contributed by atoms with Crippen LogP contribution >= 0.6 is 23.1 Å². The molecule has 0 aliphatic rings. The van der Waals surface area contributed by atoms with Crippen LogP contribution in [0.1, 0.15) is 22.8 Å². The van der Waals surface area contributed by atoms with E-state index in [9.17, 15) is 9.59 Å². The minimum atomic E-state index is -0.0894. The van der Waals surface area contributed by atoms with Crippen molar-refractivity contribution in [2.75, 3.05) is 5.75 Å². The number of carbonyl (C=O) groups excluding carboxylic acids is 1. The first-order valence-electron chi connectivity index (χ1n) is 7.98. The van der Waals surface area contributed by atoms with Gasteiger partial charge in [0.1, 0.15) is 4.83 Å². The third-order valence-electron chi connectivity index (χ3n) is 3.88. The van der Waals surface area contributed by atoms with Crippen LogP contribution in [-0.4, -0.2) is 21.1 Å². The second-order valence-corrected chi connectivity index (χ2v) is 7.34. The molecule has 0 aliphatic heterocycles. The van der Waals surface area contributed by atoms with E-state index in [0.717, 1.165) is 6.42 Å². The summed E-state index contributed by atoms with van der Waals surface area (Å²) in [6, 6.07) is 9.44. The Bertz CT molecular complexity index is 971. The third-order valence-corrected chi connectivity index (χ3v) is 5.66. The van der Waals surface area contributed by atoms with Crippen molar-refractivity contribution in [1.29, 1.82) is 0 Å². The lowest BCUT2D eigenvalue weighted by molar-refractivity contribution is 0.102. The molecule has 0 atom stereocenters. The van der Waals surface area contributed by atoms with E-state index in [4.69, 9.17) is 0 Å². The SMILES string of the molecule is C=CCn1c(SCC(=O)c2ccc(CC)cc2)nc2sccc2c1=O. The summed E-state index contributed by atoms with van der Waals surface area (Å²) in [6.07, 6.45) is 2.61. The van der Waals surface area contributed by atoms with E-state index in [1.807, 2.05) is 29.6 Å². The molecule has 0 amide bonds. The first-order chi connectivity index (χ1) is 12.1. The van der Waals surface area contributed by atoms with Gasteiger partial charge in [0.15, 0.2) is 10.9 Å². The summed E-state index contributed by atoms with van der Waals surface area (Å²) in [5, 5.41) is 3.02. The number of rotatable bonds is 7. The Morgan fingerprint density at radius 1 is 1.32 bits per heavy atom. The molecule has 3 aromatic rings. The molecule has 3 rings (SSSR count). The molecule has 0 spiro atoms. The molecule has 0 N–H and O–H groups in total. The van der Waals surface area contributed by atoms with Crippen LogP contribution in [0.4, 0.5) is 0 Å². The van der Waals surface area contributed by atoms with E-state index in [2.05, 4.69) is 18.5 Å². The summed E-state index contributed by atoms with van der Waals surface area (Å²) in [5.74, 6) is 0.268. The normalized spacial score (nSPS) is 10.9. The summed E-state index contributed by atoms with van der Waals surface area (Å²) in [4.78, 5) is 30.3. The van der Waals surface area contributed by atoms with Gasteiger partial charge in [-0.05, 0) is 23.4 Å². The van der Waals surface area contributed by atoms with Gasteiger partial charge >= 0.3 is 0 Å². The van der Waals surface area contributed by atoms with E-state index in [-0.39, 0.29) is 17.1 Å². The lowest BCUT2D eigenvalue weighted by atomic mass is 10.1. The molecule has 0 unspecified atom stereocenters. The van der Waals surface area contributed by atoms with E-state index >= 15 is 0 Å². The van der Waals surface area contributed by atoms with Crippen LogP contribution in [0.2, 0.25) is 0 Å². The van der Waals surface area contributed by atoms with Gasteiger partial charge in [-0.1, -0.05) is 49.0 Å². The molecular formula is C19H18N2O2S2. The van der Waals surface area contributed by atoms with Crippen LogP contribution in [0.15, 0.2) is 58.3 Å². The van der Waals surface area contributed by atoms with Gasteiger partial charge in [-0.2, -0.15) is 0 Å². The van der Waals surface area contributed by atoms with Gasteiger partial charge in [0.25, 0.3) is 5.56 Å². The van der Waals surface area contributed by atoms with Crippen molar-refractivity contribution < 1.29 is 4.79 Å². The van der Waals surface area contributed by atoms with Crippen molar-refractivity contribution in [2.24, 2.45) is 0 Å². The Morgan fingerprint density at radius 3 is 2.76 bits per heavy atom. The van der Waals surface area contributed by atoms with Crippen molar-refractivity contribution in [1.82, 2.24) is 9.55 Å². The average Bonchev–Trinajstić information content (AvgIpc) is 3.11. The number of thioether (sulfide) groups is 1. The largest absolute Gasteiger partial charge is 0.293 e. The predicted octanol–water partition coefficient (Wildman–Crippen LogP) is 4.18. The Balaban J connectivity index is 1.84. The van der Waals surface area contributed by atoms with Crippen molar-refractivity contribution in [3.63, 3.8) is 0 Å².